The van der Waals surface area contributed by atoms with E-state index in [0.29, 0.717) is 10.3 Å². The highest BCUT2D eigenvalue weighted by Gasteiger charge is 2.23. The molecular formula is C11H14BrN5O. The molecule has 96 valence electrons. The molecule has 0 spiro atoms. The topological polar surface area (TPSA) is 76.0 Å². The van der Waals surface area contributed by atoms with Crippen LogP contribution in [0.5, 0.6) is 0 Å². The maximum Gasteiger partial charge on any atom is 0.267 e. The van der Waals surface area contributed by atoms with Crippen LogP contribution < -0.4 is 10.5 Å². The van der Waals surface area contributed by atoms with Crippen LogP contribution in [-0.2, 0) is 0 Å². The molecule has 1 aromatic rings. The largest absolute Gasteiger partial charge is 0.353 e. The number of rotatable bonds is 2. The van der Waals surface area contributed by atoms with E-state index in [1.807, 2.05) is 6.92 Å². The SMILES string of the molecule is CC(C#N)N1CCN(c2nc[nH]c(=O)c2Br)CC1. The first-order valence-electron chi connectivity index (χ1n) is 5.75. The first-order chi connectivity index (χ1) is 8.63. The molecule has 0 amide bonds. The molecule has 0 aromatic carbocycles. The lowest BCUT2D eigenvalue weighted by Crippen LogP contribution is -2.49. The lowest BCUT2D eigenvalue weighted by atomic mass is 10.2. The van der Waals surface area contributed by atoms with E-state index in [-0.39, 0.29) is 11.6 Å². The molecule has 0 saturated carbocycles. The summed E-state index contributed by atoms with van der Waals surface area (Å²) in [4.78, 5) is 22.4. The van der Waals surface area contributed by atoms with Crippen LogP contribution in [-0.4, -0.2) is 47.1 Å². The van der Waals surface area contributed by atoms with E-state index < -0.39 is 0 Å². The molecule has 1 aliphatic rings. The van der Waals surface area contributed by atoms with E-state index in [1.165, 1.54) is 6.33 Å². The number of nitrogens with one attached hydrogen (secondary N) is 1. The lowest BCUT2D eigenvalue weighted by molar-refractivity contribution is 0.231. The van der Waals surface area contributed by atoms with Gasteiger partial charge < -0.3 is 9.88 Å². The van der Waals surface area contributed by atoms with Crippen molar-refractivity contribution >= 4 is 21.7 Å². The van der Waals surface area contributed by atoms with Crippen molar-refractivity contribution < 1.29 is 0 Å². The van der Waals surface area contributed by atoms with Gasteiger partial charge in [-0.1, -0.05) is 0 Å². The summed E-state index contributed by atoms with van der Waals surface area (Å²) >= 11 is 3.26. The van der Waals surface area contributed by atoms with E-state index in [2.05, 4.69) is 41.8 Å². The fourth-order valence-corrected chi connectivity index (χ4v) is 2.46. The number of aromatic amines is 1. The van der Waals surface area contributed by atoms with Gasteiger partial charge in [-0.15, -0.1) is 0 Å². The molecule has 1 atom stereocenters. The zero-order valence-corrected chi connectivity index (χ0v) is 11.6. The predicted molar refractivity (Wildman–Crippen MR) is 71.4 cm³/mol. The van der Waals surface area contributed by atoms with Gasteiger partial charge in [0, 0.05) is 26.2 Å². The molecule has 18 heavy (non-hydrogen) atoms. The summed E-state index contributed by atoms with van der Waals surface area (Å²) in [6, 6.07) is 2.17. The summed E-state index contributed by atoms with van der Waals surface area (Å²) in [7, 11) is 0. The van der Waals surface area contributed by atoms with Crippen LogP contribution in [0.25, 0.3) is 0 Å². The summed E-state index contributed by atoms with van der Waals surface area (Å²) < 4.78 is 0.465. The lowest BCUT2D eigenvalue weighted by Gasteiger charge is -2.36. The standard InChI is InChI=1S/C11H14BrN5O/c1-8(6-13)16-2-4-17(5-3-16)10-9(12)11(18)15-7-14-10/h7-8H,2-5H2,1H3,(H,14,15,18). The third-order valence-electron chi connectivity index (χ3n) is 3.13. The smallest absolute Gasteiger partial charge is 0.267 e. The number of anilines is 1. The van der Waals surface area contributed by atoms with E-state index in [4.69, 9.17) is 5.26 Å². The van der Waals surface area contributed by atoms with Crippen molar-refractivity contribution in [2.24, 2.45) is 0 Å². The Bertz CT molecular complexity index is 515. The maximum atomic E-state index is 11.5. The summed E-state index contributed by atoms with van der Waals surface area (Å²) in [5.74, 6) is 0.669. The zero-order chi connectivity index (χ0) is 13.1. The number of piperazine rings is 1. The molecule has 2 rings (SSSR count). The van der Waals surface area contributed by atoms with Crippen LogP contribution >= 0.6 is 15.9 Å². The summed E-state index contributed by atoms with van der Waals surface area (Å²) in [6.45, 7) is 5.03. The highest BCUT2D eigenvalue weighted by atomic mass is 79.9. The van der Waals surface area contributed by atoms with E-state index in [1.54, 1.807) is 0 Å². The zero-order valence-electron chi connectivity index (χ0n) is 10.1. The molecule has 2 heterocycles. The Morgan fingerprint density at radius 3 is 2.78 bits per heavy atom. The van der Waals surface area contributed by atoms with Crippen molar-refractivity contribution in [2.75, 3.05) is 31.1 Å². The van der Waals surface area contributed by atoms with Gasteiger partial charge in [-0.05, 0) is 22.9 Å². The van der Waals surface area contributed by atoms with Crippen LogP contribution in [0, 0.1) is 11.3 Å². The Morgan fingerprint density at radius 1 is 1.50 bits per heavy atom. The second-order valence-electron chi connectivity index (χ2n) is 4.20. The first-order valence-corrected chi connectivity index (χ1v) is 6.54. The average Bonchev–Trinajstić information content (AvgIpc) is 2.41. The van der Waals surface area contributed by atoms with Crippen molar-refractivity contribution in [3.8, 4) is 6.07 Å². The Morgan fingerprint density at radius 2 is 2.17 bits per heavy atom. The van der Waals surface area contributed by atoms with Crippen molar-refractivity contribution in [3.63, 3.8) is 0 Å². The third kappa shape index (κ3) is 2.54. The molecular weight excluding hydrogens is 298 g/mol. The van der Waals surface area contributed by atoms with Crippen LogP contribution in [0.4, 0.5) is 5.82 Å². The van der Waals surface area contributed by atoms with E-state index in [9.17, 15) is 4.79 Å². The molecule has 1 aromatic heterocycles. The van der Waals surface area contributed by atoms with Crippen molar-refractivity contribution in [2.45, 2.75) is 13.0 Å². The molecule has 1 fully saturated rings. The average molecular weight is 312 g/mol. The number of nitriles is 1. The minimum atomic E-state index is -0.173. The maximum absolute atomic E-state index is 11.5. The first kappa shape index (κ1) is 13.1. The highest BCUT2D eigenvalue weighted by Crippen LogP contribution is 2.20. The van der Waals surface area contributed by atoms with Gasteiger partial charge in [0.05, 0.1) is 18.4 Å². The Balaban J connectivity index is 2.09. The van der Waals surface area contributed by atoms with Gasteiger partial charge in [0.1, 0.15) is 10.3 Å². The van der Waals surface area contributed by atoms with Crippen LogP contribution in [0.2, 0.25) is 0 Å². The van der Waals surface area contributed by atoms with E-state index >= 15 is 0 Å². The van der Waals surface area contributed by atoms with Crippen molar-refractivity contribution in [3.05, 3.63) is 21.2 Å². The summed E-state index contributed by atoms with van der Waals surface area (Å²) in [6.07, 6.45) is 1.41. The minimum Gasteiger partial charge on any atom is -0.353 e. The monoisotopic (exact) mass is 311 g/mol. The van der Waals surface area contributed by atoms with Gasteiger partial charge in [0.15, 0.2) is 0 Å². The molecule has 0 radical (unpaired) electrons. The fraction of sp³-hybridized carbons (Fsp3) is 0.545. The van der Waals surface area contributed by atoms with Crippen LogP contribution in [0.1, 0.15) is 6.92 Å². The molecule has 1 N–H and O–H groups in total. The molecule has 7 heteroatoms. The Labute approximate surface area is 113 Å². The van der Waals surface area contributed by atoms with Gasteiger partial charge >= 0.3 is 0 Å². The minimum absolute atomic E-state index is 0.0669. The van der Waals surface area contributed by atoms with Crippen molar-refractivity contribution in [1.82, 2.24) is 14.9 Å². The predicted octanol–water partition coefficient (Wildman–Crippen LogP) is 0.566. The molecule has 1 saturated heterocycles. The Hall–Kier alpha value is -1.39. The molecule has 1 unspecified atom stereocenters. The highest BCUT2D eigenvalue weighted by molar-refractivity contribution is 9.10. The van der Waals surface area contributed by atoms with Gasteiger partial charge in [-0.2, -0.15) is 5.26 Å². The third-order valence-corrected chi connectivity index (χ3v) is 3.84. The normalized spacial score (nSPS) is 18.4. The molecule has 6 nitrogen and oxygen atoms in total. The van der Waals surface area contributed by atoms with Crippen LogP contribution in [0.3, 0.4) is 0 Å². The van der Waals surface area contributed by atoms with Gasteiger partial charge in [-0.3, -0.25) is 9.69 Å². The molecule has 1 aliphatic heterocycles. The summed E-state index contributed by atoms with van der Waals surface area (Å²) in [5.41, 5.74) is -0.173. The summed E-state index contributed by atoms with van der Waals surface area (Å²) in [5, 5.41) is 8.88. The molecule has 0 bridgehead atoms. The number of hydrogen-bond acceptors (Lipinski definition) is 5. The fourth-order valence-electron chi connectivity index (χ4n) is 2.00. The van der Waals surface area contributed by atoms with Crippen LogP contribution in [0.15, 0.2) is 15.6 Å². The number of aromatic nitrogens is 2. The van der Waals surface area contributed by atoms with Gasteiger partial charge in [0.2, 0.25) is 0 Å². The van der Waals surface area contributed by atoms with Crippen molar-refractivity contribution in [1.29, 1.82) is 5.26 Å². The van der Waals surface area contributed by atoms with Gasteiger partial charge in [0.25, 0.3) is 5.56 Å². The second-order valence-corrected chi connectivity index (χ2v) is 4.99. The quantitative estimate of drug-likeness (QED) is 0.864. The van der Waals surface area contributed by atoms with Gasteiger partial charge in [-0.25, -0.2) is 4.98 Å². The van der Waals surface area contributed by atoms with E-state index in [0.717, 1.165) is 26.2 Å². The Kier molecular flexibility index (Phi) is 3.99. The number of hydrogen-bond donors (Lipinski definition) is 1. The second kappa shape index (κ2) is 5.50. The molecule has 0 aliphatic carbocycles. The number of H-pyrrole nitrogens is 1. The number of nitrogens with zero attached hydrogens (tertiary/aromatic N) is 4. The number of halogens is 1.